The summed E-state index contributed by atoms with van der Waals surface area (Å²) in [5.74, 6) is 0. The number of hydrogen-bond acceptors (Lipinski definition) is 2. The lowest BCUT2D eigenvalue weighted by Crippen LogP contribution is -2.61. The fourth-order valence-corrected chi connectivity index (χ4v) is 19.4. The normalized spacial score (nSPS) is 16.3. The van der Waals surface area contributed by atoms with Gasteiger partial charge < -0.3 is 18.9 Å². The Balaban J connectivity index is 0.944. The van der Waals surface area contributed by atoms with Crippen LogP contribution >= 0.6 is 0 Å². The maximum absolute atomic E-state index is 2.67. The molecule has 5 heteroatoms. The number of nitrogens with zero attached hydrogens (tertiary/aromatic N) is 4. The van der Waals surface area contributed by atoms with Crippen LogP contribution < -0.4 is 26.2 Å². The van der Waals surface area contributed by atoms with E-state index in [9.17, 15) is 0 Å². The van der Waals surface area contributed by atoms with E-state index < -0.39 is 0 Å². The van der Waals surface area contributed by atoms with Gasteiger partial charge in [-0.15, -0.1) is 0 Å². The summed E-state index contributed by atoms with van der Waals surface area (Å²) in [4.78, 5) is 5.31. The van der Waals surface area contributed by atoms with Crippen LogP contribution in [-0.4, -0.2) is 15.8 Å². The van der Waals surface area contributed by atoms with Crippen molar-refractivity contribution >= 4 is 101 Å². The van der Waals surface area contributed by atoms with Gasteiger partial charge in [-0.1, -0.05) is 278 Å². The first-order valence-electron chi connectivity index (χ1n) is 40.3. The molecular weight excluding hydrogens is 1320 g/mol. The van der Waals surface area contributed by atoms with Crippen molar-refractivity contribution in [1.82, 2.24) is 9.13 Å². The highest BCUT2D eigenvalue weighted by atomic mass is 15.2. The highest BCUT2D eigenvalue weighted by Gasteiger charge is 2.46. The zero-order chi connectivity index (χ0) is 76.3. The van der Waals surface area contributed by atoms with Crippen LogP contribution in [-0.2, 0) is 43.3 Å². The predicted molar refractivity (Wildman–Crippen MR) is 471 cm³/mol. The zero-order valence-electron chi connectivity index (χ0n) is 68.2. The molecule has 18 rings (SSSR count). The Bertz CT molecular complexity index is 6020. The number of anilines is 6. The molecule has 0 amide bonds. The standard InChI is InChI=1S/C104H107BN4/c1-97(2,3)69-36-48-89-78(58-69)77-26-22-24-28-88(77)108(89)74-43-46-86-93(61-74)107(73-41-31-65(32-42-73)67-34-45-83-85(56-67)104(19,20)54-52-102(83,15)16)95-63-75(109-90-49-37-70(98(4,5)6)59-79(90)80-60-71(99(7,8)9)38-50-91(80)109)62-94-96(95)105(86)87-57-68(76-25-21-23-27-81(76)100(10,11)12)35-47-92(87)106(94)72-39-29-64(30-40-72)66-33-44-82-84(55-66)103(17,18)53-51-101(82,13)14/h21-50,55-63H,51-54H2,1-20H3. The second-order valence-corrected chi connectivity index (χ2v) is 39.6. The third kappa shape index (κ3) is 11.4. The van der Waals surface area contributed by atoms with Crippen LogP contribution in [0.25, 0.3) is 88.4 Å². The molecule has 2 aromatic heterocycles. The van der Waals surface area contributed by atoms with Gasteiger partial charge in [-0.05, 0) is 260 Å². The second kappa shape index (κ2) is 24.2. The van der Waals surface area contributed by atoms with Gasteiger partial charge in [0.25, 0.3) is 6.71 Å². The molecule has 0 N–H and O–H groups in total. The van der Waals surface area contributed by atoms with Crippen LogP contribution in [0.5, 0.6) is 0 Å². The summed E-state index contributed by atoms with van der Waals surface area (Å²) in [5, 5.41) is 5.06. The summed E-state index contributed by atoms with van der Waals surface area (Å²) < 4.78 is 5.14. The van der Waals surface area contributed by atoms with Crippen molar-refractivity contribution in [3.63, 3.8) is 0 Å². The largest absolute Gasteiger partial charge is 0.311 e. The van der Waals surface area contributed by atoms with Gasteiger partial charge in [0.15, 0.2) is 0 Å². The van der Waals surface area contributed by atoms with Crippen LogP contribution in [0.2, 0.25) is 0 Å². The number of aromatic nitrogens is 2. The summed E-state index contributed by atoms with van der Waals surface area (Å²) in [5.41, 5.74) is 36.5. The molecule has 4 nitrogen and oxygen atoms in total. The topological polar surface area (TPSA) is 16.3 Å². The summed E-state index contributed by atoms with van der Waals surface area (Å²) in [6.45, 7) is 47.5. The smallest absolute Gasteiger partial charge is 0.252 e. The van der Waals surface area contributed by atoms with E-state index in [0.717, 1.165) is 34.1 Å². The minimum Gasteiger partial charge on any atom is -0.311 e. The molecule has 14 aromatic rings. The Morgan fingerprint density at radius 1 is 0.275 bits per heavy atom. The van der Waals surface area contributed by atoms with Crippen LogP contribution in [0.3, 0.4) is 0 Å². The van der Waals surface area contributed by atoms with Crippen molar-refractivity contribution in [2.75, 3.05) is 9.80 Å². The molecule has 0 bridgehead atoms. The summed E-state index contributed by atoms with van der Waals surface area (Å²) in [6.07, 6.45) is 4.71. The van der Waals surface area contributed by atoms with Crippen molar-refractivity contribution in [1.29, 1.82) is 0 Å². The molecule has 0 saturated carbocycles. The number of hydrogen-bond donors (Lipinski definition) is 0. The number of para-hydroxylation sites is 1. The van der Waals surface area contributed by atoms with Gasteiger partial charge in [0.1, 0.15) is 0 Å². The fraction of sp³-hybridized carbons (Fsp3) is 0.308. The Hall–Kier alpha value is -10.1. The molecule has 2 aliphatic heterocycles. The van der Waals surface area contributed by atoms with Gasteiger partial charge in [0.05, 0.1) is 27.8 Å². The lowest BCUT2D eigenvalue weighted by atomic mass is 9.33. The molecule has 4 heterocycles. The highest BCUT2D eigenvalue weighted by Crippen LogP contribution is 2.53. The van der Waals surface area contributed by atoms with Gasteiger partial charge in [0.2, 0.25) is 0 Å². The third-order valence-electron chi connectivity index (χ3n) is 26.3. The van der Waals surface area contributed by atoms with E-state index in [1.54, 1.807) is 0 Å². The number of rotatable bonds is 7. The maximum Gasteiger partial charge on any atom is 0.252 e. The Morgan fingerprint density at radius 3 is 1.16 bits per heavy atom. The molecule has 0 radical (unpaired) electrons. The van der Waals surface area contributed by atoms with Crippen molar-refractivity contribution < 1.29 is 0 Å². The fourth-order valence-electron chi connectivity index (χ4n) is 19.4. The van der Waals surface area contributed by atoms with Crippen LogP contribution in [0.1, 0.15) is 209 Å². The zero-order valence-corrected chi connectivity index (χ0v) is 68.2. The Kier molecular flexibility index (Phi) is 15.7. The quantitative estimate of drug-likeness (QED) is 0.148. The molecule has 0 spiro atoms. The molecule has 2 aliphatic carbocycles. The minimum atomic E-state index is -0.188. The maximum atomic E-state index is 2.67. The molecular formula is C104H107BN4. The van der Waals surface area contributed by atoms with Gasteiger partial charge in [-0.3, -0.25) is 0 Å². The van der Waals surface area contributed by atoms with Gasteiger partial charge >= 0.3 is 0 Å². The van der Waals surface area contributed by atoms with Gasteiger partial charge in [0, 0.05) is 61.4 Å². The van der Waals surface area contributed by atoms with E-state index in [4.69, 9.17) is 0 Å². The first-order valence-corrected chi connectivity index (χ1v) is 40.3. The van der Waals surface area contributed by atoms with Crippen molar-refractivity contribution in [3.05, 3.63) is 281 Å². The average molecular weight is 1420 g/mol. The first-order chi connectivity index (χ1) is 51.5. The molecule has 546 valence electrons. The SMILES string of the molecule is CC(C)(C)c1ccc2c(c1)c1ccccc1n2-c1ccc2c(c1)N(c1ccc(-c3ccc4c(c3)C(C)(C)CCC4(C)C)cc1)c1cc(-n3c4ccc(C(C)(C)C)cc4c4cc(C(C)(C)C)ccc43)cc3c1B2c1cc(-c2ccccc2C(C)(C)C)ccc1N3c1ccc(-c2ccc3c(c2)C(C)(C)CCC3(C)C)cc1. The molecule has 0 saturated heterocycles. The Morgan fingerprint density at radius 2 is 0.670 bits per heavy atom. The van der Waals surface area contributed by atoms with Crippen molar-refractivity contribution in [2.24, 2.45) is 0 Å². The lowest BCUT2D eigenvalue weighted by molar-refractivity contribution is 0.332. The van der Waals surface area contributed by atoms with Crippen molar-refractivity contribution in [3.8, 4) is 44.8 Å². The first kappa shape index (κ1) is 70.6. The van der Waals surface area contributed by atoms with Gasteiger partial charge in [-0.25, -0.2) is 0 Å². The molecule has 109 heavy (non-hydrogen) atoms. The van der Waals surface area contributed by atoms with E-state index in [-0.39, 0.29) is 50.0 Å². The lowest BCUT2D eigenvalue weighted by Gasteiger charge is -2.45. The third-order valence-corrected chi connectivity index (χ3v) is 26.3. The monoisotopic (exact) mass is 1420 g/mol. The second-order valence-electron chi connectivity index (χ2n) is 39.6. The van der Waals surface area contributed by atoms with E-state index in [1.165, 1.54) is 175 Å². The van der Waals surface area contributed by atoms with E-state index in [2.05, 4.69) is 394 Å². The highest BCUT2D eigenvalue weighted by molar-refractivity contribution is 7.00. The average Bonchev–Trinajstić information content (AvgIpc) is 1.42. The van der Waals surface area contributed by atoms with E-state index in [1.807, 2.05) is 0 Å². The number of fused-ring (bicyclic) bond motifs is 12. The summed E-state index contributed by atoms with van der Waals surface area (Å²) in [6, 6.07) is 94.1. The molecule has 0 fully saturated rings. The van der Waals surface area contributed by atoms with Crippen molar-refractivity contribution in [2.45, 2.75) is 207 Å². The van der Waals surface area contributed by atoms with E-state index in [0.29, 0.717) is 0 Å². The molecule has 0 unspecified atom stereocenters. The van der Waals surface area contributed by atoms with Crippen LogP contribution in [0.4, 0.5) is 34.1 Å². The molecule has 4 aliphatic rings. The number of benzene rings is 12. The van der Waals surface area contributed by atoms with Crippen LogP contribution in [0.15, 0.2) is 237 Å². The molecule has 12 aromatic carbocycles. The predicted octanol–water partition coefficient (Wildman–Crippen LogP) is 26.9. The van der Waals surface area contributed by atoms with Gasteiger partial charge in [-0.2, -0.15) is 0 Å². The van der Waals surface area contributed by atoms with E-state index >= 15 is 0 Å². The molecule has 0 atom stereocenters. The summed E-state index contributed by atoms with van der Waals surface area (Å²) in [7, 11) is 0. The Labute approximate surface area is 649 Å². The minimum absolute atomic E-state index is 0.0248. The van der Waals surface area contributed by atoms with Crippen LogP contribution in [0, 0.1) is 0 Å². The summed E-state index contributed by atoms with van der Waals surface area (Å²) >= 11 is 0.